The molecule has 0 fully saturated rings. The highest BCUT2D eigenvalue weighted by Gasteiger charge is 2.38. The number of H-pyrrole nitrogens is 2. The number of hydrogen-bond donors (Lipinski definition) is 5. The zero-order valence-corrected chi connectivity index (χ0v) is 20.4. The lowest BCUT2D eigenvalue weighted by molar-refractivity contribution is -0.167. The highest BCUT2D eigenvalue weighted by atomic mass is 19.4. The number of halogens is 3. The Kier molecular flexibility index (Phi) is 6.66. The minimum absolute atomic E-state index is 0.0862. The average Bonchev–Trinajstić information content (AvgIpc) is 3.57. The molecule has 0 aliphatic carbocycles. The molecule has 0 saturated heterocycles. The highest BCUT2D eigenvalue weighted by molar-refractivity contribution is 5.95. The molecule has 3 heterocycles. The number of amides is 1. The number of nitrogens with zero attached hydrogens (tertiary/aromatic N) is 3. The van der Waals surface area contributed by atoms with Crippen LogP contribution in [0.2, 0.25) is 0 Å². The Hall–Kier alpha value is -4.91. The molecule has 2 aromatic carbocycles. The van der Waals surface area contributed by atoms with Crippen molar-refractivity contribution in [2.24, 2.45) is 0 Å². The van der Waals surface area contributed by atoms with E-state index < -0.39 is 23.7 Å². The number of carbonyl (C=O) groups is 1. The largest absolute Gasteiger partial charge is 0.471 e. The minimum Gasteiger partial charge on any atom is -0.387 e. The van der Waals surface area contributed by atoms with E-state index in [1.54, 1.807) is 23.9 Å². The molecule has 3 aromatic heterocycles. The Morgan fingerprint density at radius 3 is 2.77 bits per heavy atom. The number of carbonyl (C=O) groups excluding carboxylic acids is 1. The van der Waals surface area contributed by atoms with Gasteiger partial charge in [0.15, 0.2) is 0 Å². The van der Waals surface area contributed by atoms with E-state index in [0.717, 1.165) is 11.3 Å². The predicted octanol–water partition coefficient (Wildman–Crippen LogP) is 4.06. The molecule has 13 heteroatoms. The summed E-state index contributed by atoms with van der Waals surface area (Å²) in [5.41, 5.74) is 3.47. The van der Waals surface area contributed by atoms with Crippen LogP contribution in [-0.2, 0) is 4.79 Å². The first-order chi connectivity index (χ1) is 18.6. The number of aromatic nitrogens is 5. The quantitative estimate of drug-likeness (QED) is 0.212. The van der Waals surface area contributed by atoms with Crippen LogP contribution < -0.4 is 16.2 Å². The zero-order valence-electron chi connectivity index (χ0n) is 20.4. The SMILES string of the molecule is Cc1cc(-n2ccnc2)cc2[nH]c(-c3c(NCC(O)c4cccc(NC(=O)C(F)(F)F)c4)cc[nH]c3=O)nc12. The zero-order chi connectivity index (χ0) is 27.7. The van der Waals surface area contributed by atoms with Crippen molar-refractivity contribution in [1.29, 1.82) is 0 Å². The van der Waals surface area contributed by atoms with Gasteiger partial charge in [0.25, 0.3) is 5.56 Å². The molecule has 5 N–H and O–H groups in total. The second kappa shape index (κ2) is 10.1. The van der Waals surface area contributed by atoms with Gasteiger partial charge < -0.3 is 30.3 Å². The molecule has 5 rings (SSSR count). The number of fused-ring (bicyclic) bond motifs is 1. The second-order valence-corrected chi connectivity index (χ2v) is 8.78. The van der Waals surface area contributed by atoms with E-state index in [1.807, 2.05) is 29.8 Å². The summed E-state index contributed by atoms with van der Waals surface area (Å²) in [7, 11) is 0. The Labute approximate surface area is 218 Å². The van der Waals surface area contributed by atoms with Crippen LogP contribution in [0.3, 0.4) is 0 Å². The van der Waals surface area contributed by atoms with E-state index in [9.17, 15) is 27.9 Å². The third-order valence-corrected chi connectivity index (χ3v) is 6.03. The molecule has 39 heavy (non-hydrogen) atoms. The number of alkyl halides is 3. The summed E-state index contributed by atoms with van der Waals surface area (Å²) in [6, 6.07) is 10.9. The number of aromatic amines is 2. The fraction of sp³-hybridized carbons (Fsp3) is 0.154. The van der Waals surface area contributed by atoms with Gasteiger partial charge in [0, 0.05) is 36.5 Å². The molecule has 1 unspecified atom stereocenters. The summed E-state index contributed by atoms with van der Waals surface area (Å²) in [6.45, 7) is 1.82. The van der Waals surface area contributed by atoms with Crippen molar-refractivity contribution in [2.45, 2.75) is 19.2 Å². The predicted molar refractivity (Wildman–Crippen MR) is 139 cm³/mol. The van der Waals surface area contributed by atoms with E-state index in [2.05, 4.69) is 25.3 Å². The second-order valence-electron chi connectivity index (χ2n) is 8.78. The van der Waals surface area contributed by atoms with Gasteiger partial charge in [0.2, 0.25) is 0 Å². The van der Waals surface area contributed by atoms with Gasteiger partial charge in [-0.05, 0) is 48.4 Å². The summed E-state index contributed by atoms with van der Waals surface area (Å²) in [5.74, 6) is -1.80. The van der Waals surface area contributed by atoms with Gasteiger partial charge in [-0.2, -0.15) is 13.2 Å². The maximum atomic E-state index is 12.8. The van der Waals surface area contributed by atoms with Crippen molar-refractivity contribution in [2.75, 3.05) is 17.2 Å². The number of hydrogen-bond acceptors (Lipinski definition) is 6. The molecule has 200 valence electrons. The average molecular weight is 538 g/mol. The van der Waals surface area contributed by atoms with E-state index in [0.29, 0.717) is 22.5 Å². The number of nitrogens with one attached hydrogen (secondary N) is 4. The summed E-state index contributed by atoms with van der Waals surface area (Å²) >= 11 is 0. The highest BCUT2D eigenvalue weighted by Crippen LogP contribution is 2.28. The molecule has 0 saturated carbocycles. The molecule has 1 atom stereocenters. The summed E-state index contributed by atoms with van der Waals surface area (Å²) in [6.07, 6.45) is 0.390. The van der Waals surface area contributed by atoms with E-state index in [1.165, 1.54) is 30.5 Å². The van der Waals surface area contributed by atoms with Gasteiger partial charge >= 0.3 is 12.1 Å². The number of aliphatic hydroxyl groups excluding tert-OH is 1. The monoisotopic (exact) mass is 537 g/mol. The molecule has 0 aliphatic heterocycles. The normalized spacial score (nSPS) is 12.4. The Balaban J connectivity index is 1.39. The Bertz CT molecular complexity index is 1710. The third kappa shape index (κ3) is 5.38. The van der Waals surface area contributed by atoms with Gasteiger partial charge in [-0.25, -0.2) is 9.97 Å². The summed E-state index contributed by atoms with van der Waals surface area (Å²) in [4.78, 5) is 38.6. The summed E-state index contributed by atoms with van der Waals surface area (Å²) in [5, 5.41) is 15.5. The van der Waals surface area contributed by atoms with Crippen molar-refractivity contribution in [1.82, 2.24) is 24.5 Å². The molecule has 0 spiro atoms. The van der Waals surface area contributed by atoms with E-state index in [-0.39, 0.29) is 23.4 Å². The molecule has 0 radical (unpaired) electrons. The van der Waals surface area contributed by atoms with Crippen LogP contribution in [0.5, 0.6) is 0 Å². The van der Waals surface area contributed by atoms with Gasteiger partial charge in [-0.3, -0.25) is 9.59 Å². The van der Waals surface area contributed by atoms with Crippen LogP contribution in [0.4, 0.5) is 24.5 Å². The third-order valence-electron chi connectivity index (χ3n) is 6.03. The number of imidazole rings is 2. The van der Waals surface area contributed by atoms with Crippen LogP contribution in [0.1, 0.15) is 17.2 Å². The van der Waals surface area contributed by atoms with Gasteiger partial charge in [-0.1, -0.05) is 12.1 Å². The lowest BCUT2D eigenvalue weighted by Crippen LogP contribution is -2.30. The molecular formula is C26H22F3N7O3. The van der Waals surface area contributed by atoms with Crippen LogP contribution in [0.25, 0.3) is 28.1 Å². The summed E-state index contributed by atoms with van der Waals surface area (Å²) < 4.78 is 39.6. The molecule has 1 amide bonds. The van der Waals surface area contributed by atoms with Gasteiger partial charge in [0.05, 0.1) is 29.2 Å². The van der Waals surface area contributed by atoms with E-state index >= 15 is 0 Å². The van der Waals surface area contributed by atoms with Crippen molar-refractivity contribution < 1.29 is 23.1 Å². The topological polar surface area (TPSA) is 141 Å². The van der Waals surface area contributed by atoms with Crippen LogP contribution in [0.15, 0.2) is 72.2 Å². The van der Waals surface area contributed by atoms with Crippen LogP contribution in [-0.4, -0.2) is 48.2 Å². The Morgan fingerprint density at radius 2 is 2.03 bits per heavy atom. The van der Waals surface area contributed by atoms with Crippen molar-refractivity contribution in [3.63, 3.8) is 0 Å². The molecule has 5 aromatic rings. The molecule has 0 bridgehead atoms. The smallest absolute Gasteiger partial charge is 0.387 e. The van der Waals surface area contributed by atoms with Crippen molar-refractivity contribution in [3.8, 4) is 17.1 Å². The standard InChI is InChI=1S/C26H22F3N7O3/c1-14-9-17(36-8-7-30-13-36)11-19-22(14)35-23(34-19)21-18(5-6-31-24(21)38)32-12-20(37)15-3-2-4-16(10-15)33-25(39)26(27,28)29/h2-11,13,20,37H,12H2,1H3,(H,33,39)(H,34,35)(H2,31,32,38). The fourth-order valence-corrected chi connectivity index (χ4v) is 4.16. The van der Waals surface area contributed by atoms with Crippen LogP contribution >= 0.6 is 0 Å². The number of aliphatic hydroxyl groups is 1. The molecule has 0 aliphatic rings. The maximum absolute atomic E-state index is 12.8. The number of rotatable bonds is 7. The van der Waals surface area contributed by atoms with E-state index in [4.69, 9.17) is 0 Å². The van der Waals surface area contributed by atoms with Gasteiger partial charge in [-0.15, -0.1) is 0 Å². The van der Waals surface area contributed by atoms with Crippen molar-refractivity contribution in [3.05, 3.63) is 88.9 Å². The van der Waals surface area contributed by atoms with Gasteiger partial charge in [0.1, 0.15) is 11.4 Å². The first kappa shape index (κ1) is 25.7. The number of pyridine rings is 1. The van der Waals surface area contributed by atoms with Crippen molar-refractivity contribution >= 4 is 28.3 Å². The lowest BCUT2D eigenvalue weighted by Gasteiger charge is -2.16. The fourth-order valence-electron chi connectivity index (χ4n) is 4.16. The molecule has 10 nitrogen and oxygen atoms in total. The first-order valence-corrected chi connectivity index (χ1v) is 11.7. The maximum Gasteiger partial charge on any atom is 0.471 e. The minimum atomic E-state index is -5.04. The van der Waals surface area contributed by atoms with Crippen LogP contribution in [0, 0.1) is 6.92 Å². The number of benzene rings is 2. The Morgan fingerprint density at radius 1 is 1.21 bits per heavy atom. The number of anilines is 2. The lowest BCUT2D eigenvalue weighted by atomic mass is 10.1. The molecular weight excluding hydrogens is 515 g/mol. The first-order valence-electron chi connectivity index (χ1n) is 11.7. The number of aryl methyl sites for hydroxylation is 1.